The lowest BCUT2D eigenvalue weighted by Crippen LogP contribution is -2.00. The molecule has 1 aliphatic heterocycles. The van der Waals surface area contributed by atoms with Gasteiger partial charge in [-0.05, 0) is 33.7 Å². The van der Waals surface area contributed by atoms with E-state index in [0.717, 1.165) is 19.6 Å². The van der Waals surface area contributed by atoms with Crippen LogP contribution in [0.2, 0.25) is 0 Å². The van der Waals surface area contributed by atoms with Crippen molar-refractivity contribution in [3.8, 4) is 0 Å². The Bertz CT molecular complexity index is 595. The Balaban J connectivity index is 2.07. The van der Waals surface area contributed by atoms with Gasteiger partial charge in [-0.25, -0.2) is 0 Å². The Morgan fingerprint density at radius 3 is 2.06 bits per heavy atom. The van der Waals surface area contributed by atoms with Crippen molar-refractivity contribution in [1.82, 2.24) is 0 Å². The monoisotopic (exact) mass is 308 g/mol. The molecule has 0 saturated heterocycles. The first-order chi connectivity index (χ1) is 8.86. The van der Waals surface area contributed by atoms with Gasteiger partial charge in [-0.15, -0.1) is 22.7 Å². The molecule has 1 nitrogen and oxygen atoms in total. The van der Waals surface area contributed by atoms with Gasteiger partial charge in [0.2, 0.25) is 5.78 Å². The molecule has 3 rings (SSSR count). The number of carbonyl (C=O) groups excluding carboxylic acids is 1. The number of ketones is 1. The van der Waals surface area contributed by atoms with E-state index < -0.39 is 0 Å². The standard InChI is InChI=1S/C13H8OS4/c14-12(10-4-2-6-16-10)11(9-3-1-5-15-9)13-17-7-8-18-13/h1-8H. The highest BCUT2D eigenvalue weighted by atomic mass is 32.2. The summed E-state index contributed by atoms with van der Waals surface area (Å²) < 4.78 is 1.08. The molecule has 5 heteroatoms. The lowest BCUT2D eigenvalue weighted by atomic mass is 10.1. The second-order valence-corrected chi connectivity index (χ2v) is 7.44. The van der Waals surface area contributed by atoms with Crippen LogP contribution < -0.4 is 0 Å². The topological polar surface area (TPSA) is 17.1 Å². The van der Waals surface area contributed by atoms with Crippen LogP contribution in [0.1, 0.15) is 14.5 Å². The Morgan fingerprint density at radius 1 is 0.889 bits per heavy atom. The molecule has 0 aliphatic carbocycles. The van der Waals surface area contributed by atoms with Crippen molar-refractivity contribution in [3.05, 3.63) is 59.8 Å². The van der Waals surface area contributed by atoms with E-state index >= 15 is 0 Å². The van der Waals surface area contributed by atoms with Gasteiger partial charge in [0.25, 0.3) is 0 Å². The van der Waals surface area contributed by atoms with Gasteiger partial charge in [0.1, 0.15) is 0 Å². The van der Waals surface area contributed by atoms with Crippen LogP contribution in [0.4, 0.5) is 0 Å². The number of thioether (sulfide) groups is 2. The highest BCUT2D eigenvalue weighted by Gasteiger charge is 2.22. The summed E-state index contributed by atoms with van der Waals surface area (Å²) in [4.78, 5) is 14.4. The Morgan fingerprint density at radius 2 is 1.50 bits per heavy atom. The summed E-state index contributed by atoms with van der Waals surface area (Å²) in [5.41, 5.74) is 0.840. The summed E-state index contributed by atoms with van der Waals surface area (Å²) in [5.74, 6) is 0.131. The normalized spacial score (nSPS) is 14.1. The van der Waals surface area contributed by atoms with Gasteiger partial charge in [0.05, 0.1) is 14.7 Å². The third-order valence-corrected chi connectivity index (χ3v) is 6.24. The van der Waals surface area contributed by atoms with Crippen LogP contribution in [0.3, 0.4) is 0 Å². The maximum Gasteiger partial charge on any atom is 0.206 e. The molecule has 18 heavy (non-hydrogen) atoms. The predicted molar refractivity (Wildman–Crippen MR) is 84.2 cm³/mol. The highest BCUT2D eigenvalue weighted by Crippen LogP contribution is 2.44. The van der Waals surface area contributed by atoms with Crippen LogP contribution in [0.15, 0.2) is 50.1 Å². The van der Waals surface area contributed by atoms with E-state index in [1.165, 1.54) is 11.3 Å². The second kappa shape index (κ2) is 5.48. The van der Waals surface area contributed by atoms with Crippen molar-refractivity contribution in [2.45, 2.75) is 0 Å². The fourth-order valence-electron chi connectivity index (χ4n) is 1.58. The van der Waals surface area contributed by atoms with Crippen molar-refractivity contribution in [2.75, 3.05) is 0 Å². The third-order valence-electron chi connectivity index (χ3n) is 2.35. The highest BCUT2D eigenvalue weighted by molar-refractivity contribution is 8.27. The first-order valence-corrected chi connectivity index (χ1v) is 8.73. The number of Topliss-reactive ketones (excluding diaryl/α,β-unsaturated/α-hetero) is 1. The molecule has 2 aromatic heterocycles. The first-order valence-electron chi connectivity index (χ1n) is 5.21. The molecule has 0 fully saturated rings. The Labute approximate surface area is 122 Å². The van der Waals surface area contributed by atoms with Crippen LogP contribution in [0, 0.1) is 0 Å². The van der Waals surface area contributed by atoms with Gasteiger partial charge in [-0.3, -0.25) is 4.79 Å². The minimum atomic E-state index is 0.131. The molecule has 0 atom stereocenters. The lowest BCUT2D eigenvalue weighted by molar-refractivity contribution is 0.106. The van der Waals surface area contributed by atoms with E-state index in [2.05, 4.69) is 0 Å². The van der Waals surface area contributed by atoms with Gasteiger partial charge >= 0.3 is 0 Å². The zero-order valence-electron chi connectivity index (χ0n) is 9.16. The van der Waals surface area contributed by atoms with Gasteiger partial charge in [0.15, 0.2) is 0 Å². The predicted octanol–water partition coefficient (Wildman–Crippen LogP) is 5.31. The van der Waals surface area contributed by atoms with Crippen LogP contribution in [-0.2, 0) is 0 Å². The summed E-state index contributed by atoms with van der Waals surface area (Å²) >= 11 is 6.37. The van der Waals surface area contributed by atoms with E-state index in [1.54, 1.807) is 34.9 Å². The Kier molecular flexibility index (Phi) is 3.75. The molecule has 3 heterocycles. The molecular formula is C13H8OS4. The first kappa shape index (κ1) is 12.3. The SMILES string of the molecule is O=C(C(=C1SC=CS1)c1cccs1)c1cccs1. The lowest BCUT2D eigenvalue weighted by Gasteiger charge is -2.06. The molecule has 0 saturated carbocycles. The van der Waals surface area contributed by atoms with E-state index in [4.69, 9.17) is 0 Å². The maximum absolute atomic E-state index is 12.6. The molecule has 0 amide bonds. The summed E-state index contributed by atoms with van der Waals surface area (Å²) in [6.45, 7) is 0. The minimum Gasteiger partial charge on any atom is -0.288 e. The van der Waals surface area contributed by atoms with E-state index in [1.807, 2.05) is 45.8 Å². The smallest absolute Gasteiger partial charge is 0.206 e. The molecule has 2 aromatic rings. The molecular weight excluding hydrogens is 300 g/mol. The van der Waals surface area contributed by atoms with Crippen molar-refractivity contribution >= 4 is 57.6 Å². The van der Waals surface area contributed by atoms with E-state index in [9.17, 15) is 4.79 Å². The average Bonchev–Trinajstić information content (AvgIpc) is 3.14. The fourth-order valence-corrected chi connectivity index (χ4v) is 5.04. The number of hydrogen-bond donors (Lipinski definition) is 0. The number of rotatable bonds is 3. The molecule has 1 aliphatic rings. The number of hydrogen-bond acceptors (Lipinski definition) is 5. The van der Waals surface area contributed by atoms with Crippen molar-refractivity contribution < 1.29 is 4.79 Å². The molecule has 0 bridgehead atoms. The van der Waals surface area contributed by atoms with Crippen molar-refractivity contribution in [1.29, 1.82) is 0 Å². The van der Waals surface area contributed by atoms with Crippen LogP contribution >= 0.6 is 46.2 Å². The van der Waals surface area contributed by atoms with Crippen LogP contribution in [0.5, 0.6) is 0 Å². The molecule has 0 aromatic carbocycles. The summed E-state index contributed by atoms with van der Waals surface area (Å²) in [6.07, 6.45) is 0. The van der Waals surface area contributed by atoms with Gasteiger partial charge in [-0.2, -0.15) is 0 Å². The van der Waals surface area contributed by atoms with Crippen molar-refractivity contribution in [3.63, 3.8) is 0 Å². The molecule has 0 radical (unpaired) electrons. The minimum absolute atomic E-state index is 0.131. The molecule has 0 spiro atoms. The summed E-state index contributed by atoms with van der Waals surface area (Å²) in [7, 11) is 0. The zero-order valence-corrected chi connectivity index (χ0v) is 12.4. The fraction of sp³-hybridized carbons (Fsp3) is 0. The van der Waals surface area contributed by atoms with Gasteiger partial charge < -0.3 is 0 Å². The quantitative estimate of drug-likeness (QED) is 0.565. The third kappa shape index (κ3) is 2.36. The van der Waals surface area contributed by atoms with E-state index in [0.29, 0.717) is 0 Å². The zero-order chi connectivity index (χ0) is 12.4. The number of thiophene rings is 2. The molecule has 0 N–H and O–H groups in total. The maximum atomic E-state index is 12.6. The molecule has 0 unspecified atom stereocenters. The van der Waals surface area contributed by atoms with Crippen molar-refractivity contribution in [2.24, 2.45) is 0 Å². The summed E-state index contributed by atoms with van der Waals surface area (Å²) in [5, 5.41) is 8.00. The number of allylic oxidation sites excluding steroid dienone is 1. The van der Waals surface area contributed by atoms with Crippen LogP contribution in [0.25, 0.3) is 5.57 Å². The van der Waals surface area contributed by atoms with Crippen LogP contribution in [-0.4, -0.2) is 5.78 Å². The Hall–Kier alpha value is -0.750. The summed E-state index contributed by atoms with van der Waals surface area (Å²) in [6, 6.07) is 7.80. The van der Waals surface area contributed by atoms with E-state index in [-0.39, 0.29) is 5.78 Å². The average molecular weight is 308 g/mol. The number of carbonyl (C=O) groups is 1. The second-order valence-electron chi connectivity index (χ2n) is 3.45. The van der Waals surface area contributed by atoms with Gasteiger partial charge in [0, 0.05) is 4.88 Å². The largest absolute Gasteiger partial charge is 0.288 e. The molecule has 90 valence electrons. The van der Waals surface area contributed by atoms with Gasteiger partial charge in [-0.1, -0.05) is 35.7 Å².